The van der Waals surface area contributed by atoms with Gasteiger partial charge in [0.2, 0.25) is 0 Å². The molecule has 0 heteroatoms. The summed E-state index contributed by atoms with van der Waals surface area (Å²) in [7, 11) is 0. The van der Waals surface area contributed by atoms with Gasteiger partial charge in [-0.2, -0.15) is 0 Å². The third kappa shape index (κ3) is 5.02. The lowest BCUT2D eigenvalue weighted by molar-refractivity contribution is 0.125. The summed E-state index contributed by atoms with van der Waals surface area (Å²) in [6, 6.07) is 0. The number of hydrogen-bond acceptors (Lipinski definition) is 0. The van der Waals surface area contributed by atoms with Gasteiger partial charge in [0.1, 0.15) is 0 Å². The Hall–Kier alpha value is 0. The van der Waals surface area contributed by atoms with E-state index in [1.807, 2.05) is 27.7 Å². The van der Waals surface area contributed by atoms with Crippen molar-refractivity contribution >= 4 is 0 Å². The fraction of sp³-hybridized carbons (Fsp3) is 1.00. The van der Waals surface area contributed by atoms with Crippen LogP contribution in [-0.2, 0) is 0 Å². The first-order chi connectivity index (χ1) is 8.21. The van der Waals surface area contributed by atoms with Gasteiger partial charge in [0.25, 0.3) is 0 Å². The highest BCUT2D eigenvalue weighted by Crippen LogP contribution is 2.49. The van der Waals surface area contributed by atoms with Gasteiger partial charge in [-0.1, -0.05) is 67.2 Å². The predicted octanol–water partition coefficient (Wildman–Crippen LogP) is 6.45. The molecule has 0 spiro atoms. The molecule has 2 rings (SSSR count). The van der Waals surface area contributed by atoms with Crippen molar-refractivity contribution in [3.8, 4) is 0 Å². The Kier molecular flexibility index (Phi) is 9.00. The van der Waals surface area contributed by atoms with Gasteiger partial charge in [-0.05, 0) is 42.9 Å². The Bertz CT molecular complexity index is 157. The maximum absolute atomic E-state index is 2.56. The molecule has 2 aliphatic rings. The van der Waals surface area contributed by atoms with Gasteiger partial charge in [-0.3, -0.25) is 0 Å². The summed E-state index contributed by atoms with van der Waals surface area (Å²) < 4.78 is 0. The Balaban J connectivity index is 0.000000581. The molecule has 0 aromatic carbocycles. The highest BCUT2D eigenvalue weighted by Gasteiger charge is 2.37. The van der Waals surface area contributed by atoms with E-state index in [0.717, 1.165) is 17.3 Å². The Morgan fingerprint density at radius 2 is 1.18 bits per heavy atom. The van der Waals surface area contributed by atoms with Crippen LogP contribution in [0.5, 0.6) is 0 Å². The summed E-state index contributed by atoms with van der Waals surface area (Å²) in [4.78, 5) is 0. The Labute approximate surface area is 111 Å². The van der Waals surface area contributed by atoms with Crippen LogP contribution < -0.4 is 0 Å². The lowest BCUT2D eigenvalue weighted by Crippen LogP contribution is -2.27. The topological polar surface area (TPSA) is 0 Å². The van der Waals surface area contributed by atoms with Crippen LogP contribution in [-0.4, -0.2) is 0 Å². The predicted molar refractivity (Wildman–Crippen MR) is 80.4 cm³/mol. The van der Waals surface area contributed by atoms with E-state index in [9.17, 15) is 0 Å². The molecule has 0 aliphatic heterocycles. The normalized spacial score (nSPS) is 30.7. The van der Waals surface area contributed by atoms with Gasteiger partial charge in [-0.25, -0.2) is 0 Å². The van der Waals surface area contributed by atoms with Gasteiger partial charge in [0.15, 0.2) is 0 Å². The lowest BCUT2D eigenvalue weighted by atomic mass is 9.67. The third-order valence-electron chi connectivity index (χ3n) is 4.75. The van der Waals surface area contributed by atoms with E-state index < -0.39 is 0 Å². The Morgan fingerprint density at radius 1 is 0.765 bits per heavy atom. The zero-order valence-corrected chi connectivity index (χ0v) is 13.3. The fourth-order valence-electron chi connectivity index (χ4n) is 3.55. The fourth-order valence-corrected chi connectivity index (χ4v) is 3.55. The highest BCUT2D eigenvalue weighted by molar-refractivity contribution is 4.89. The molecule has 0 N–H and O–H groups in total. The van der Waals surface area contributed by atoms with Crippen LogP contribution in [0, 0.1) is 17.3 Å². The van der Waals surface area contributed by atoms with E-state index in [-0.39, 0.29) is 0 Å². The molecule has 0 saturated heterocycles. The van der Waals surface area contributed by atoms with E-state index in [1.165, 1.54) is 51.4 Å². The molecule has 0 nitrogen and oxygen atoms in total. The standard InChI is InChI=1S/C13H24.2C2H6/c1-11-5-7-12(8-6-11)13(2)9-3-4-10-13;2*1-2/h11-12H,3-10H2,1-2H3;2*1-2H3. The van der Waals surface area contributed by atoms with Crippen molar-refractivity contribution in [2.24, 2.45) is 17.3 Å². The molecule has 0 atom stereocenters. The van der Waals surface area contributed by atoms with Crippen LogP contribution in [0.4, 0.5) is 0 Å². The van der Waals surface area contributed by atoms with Gasteiger partial charge in [0, 0.05) is 0 Å². The first-order valence-corrected chi connectivity index (χ1v) is 8.21. The zero-order chi connectivity index (χ0) is 13.3. The SMILES string of the molecule is CC.CC.CC1CCC(C2(C)CCCC2)CC1. The molecule has 104 valence electrons. The molecule has 0 aromatic heterocycles. The van der Waals surface area contributed by atoms with E-state index >= 15 is 0 Å². The van der Waals surface area contributed by atoms with Crippen molar-refractivity contribution in [3.05, 3.63) is 0 Å². The quantitative estimate of drug-likeness (QED) is 0.494. The third-order valence-corrected chi connectivity index (χ3v) is 4.75. The van der Waals surface area contributed by atoms with Gasteiger partial charge >= 0.3 is 0 Å². The first-order valence-electron chi connectivity index (χ1n) is 8.21. The van der Waals surface area contributed by atoms with Crippen molar-refractivity contribution < 1.29 is 0 Å². The Morgan fingerprint density at radius 3 is 1.59 bits per heavy atom. The number of rotatable bonds is 1. The summed E-state index contributed by atoms with van der Waals surface area (Å²) >= 11 is 0. The molecule has 2 aliphatic carbocycles. The second kappa shape index (κ2) is 9.00. The van der Waals surface area contributed by atoms with Crippen molar-refractivity contribution in [2.75, 3.05) is 0 Å². The van der Waals surface area contributed by atoms with Crippen LogP contribution in [0.15, 0.2) is 0 Å². The van der Waals surface area contributed by atoms with Crippen LogP contribution in [0.1, 0.15) is 92.9 Å². The molecule has 2 saturated carbocycles. The van der Waals surface area contributed by atoms with E-state index in [4.69, 9.17) is 0 Å². The molecule has 17 heavy (non-hydrogen) atoms. The van der Waals surface area contributed by atoms with Crippen LogP contribution in [0.2, 0.25) is 0 Å². The lowest BCUT2D eigenvalue weighted by Gasteiger charge is -2.38. The van der Waals surface area contributed by atoms with Gasteiger partial charge in [0.05, 0.1) is 0 Å². The minimum Gasteiger partial charge on any atom is -0.0683 e. The minimum absolute atomic E-state index is 0.750. The minimum atomic E-state index is 0.750. The van der Waals surface area contributed by atoms with Crippen LogP contribution in [0.3, 0.4) is 0 Å². The molecular formula is C17H36. The summed E-state index contributed by atoms with van der Waals surface area (Å²) in [5.41, 5.74) is 0.750. The first kappa shape index (κ1) is 17.0. The largest absolute Gasteiger partial charge is 0.0683 e. The molecule has 0 aromatic rings. The van der Waals surface area contributed by atoms with E-state index in [1.54, 1.807) is 0 Å². The van der Waals surface area contributed by atoms with Crippen LogP contribution in [0.25, 0.3) is 0 Å². The second-order valence-electron chi connectivity index (χ2n) is 5.82. The van der Waals surface area contributed by atoms with Gasteiger partial charge in [-0.15, -0.1) is 0 Å². The molecule has 0 heterocycles. The summed E-state index contributed by atoms with van der Waals surface area (Å²) in [6.07, 6.45) is 12.1. The second-order valence-corrected chi connectivity index (χ2v) is 5.82. The van der Waals surface area contributed by atoms with E-state index in [0.29, 0.717) is 0 Å². The molecule has 0 bridgehead atoms. The smallest absolute Gasteiger partial charge is 0.0298 e. The summed E-state index contributed by atoms with van der Waals surface area (Å²) in [5.74, 6) is 2.09. The highest BCUT2D eigenvalue weighted by atomic mass is 14.4. The molecule has 0 unspecified atom stereocenters. The molecule has 0 radical (unpaired) electrons. The monoisotopic (exact) mass is 240 g/mol. The maximum atomic E-state index is 2.56. The average molecular weight is 240 g/mol. The van der Waals surface area contributed by atoms with Crippen molar-refractivity contribution in [3.63, 3.8) is 0 Å². The zero-order valence-electron chi connectivity index (χ0n) is 13.3. The van der Waals surface area contributed by atoms with Crippen molar-refractivity contribution in [2.45, 2.75) is 92.9 Å². The average Bonchev–Trinajstić information content (AvgIpc) is 2.83. The number of hydrogen-bond donors (Lipinski definition) is 0. The summed E-state index contributed by atoms with van der Waals surface area (Å²) in [5, 5.41) is 0. The molecular weight excluding hydrogens is 204 g/mol. The van der Waals surface area contributed by atoms with Crippen molar-refractivity contribution in [1.82, 2.24) is 0 Å². The van der Waals surface area contributed by atoms with Gasteiger partial charge < -0.3 is 0 Å². The molecule has 2 fully saturated rings. The van der Waals surface area contributed by atoms with Crippen LogP contribution >= 0.6 is 0 Å². The van der Waals surface area contributed by atoms with Crippen molar-refractivity contribution in [1.29, 1.82) is 0 Å². The maximum Gasteiger partial charge on any atom is -0.0298 e. The summed E-state index contributed by atoms with van der Waals surface area (Å²) in [6.45, 7) is 13.0. The molecule has 0 amide bonds. The van der Waals surface area contributed by atoms with E-state index in [2.05, 4.69) is 13.8 Å².